The Morgan fingerprint density at radius 2 is 1.80 bits per heavy atom. The average molecular weight is 355 g/mol. The Bertz CT molecular complexity index is 812. The first-order valence-corrected chi connectivity index (χ1v) is 8.47. The van der Waals surface area contributed by atoms with Crippen LogP contribution in [0.15, 0.2) is 65.6 Å². The van der Waals surface area contributed by atoms with E-state index >= 15 is 0 Å². The molecule has 0 heterocycles. The van der Waals surface area contributed by atoms with E-state index in [0.29, 0.717) is 17.0 Å². The van der Waals surface area contributed by atoms with Gasteiger partial charge >= 0.3 is 5.97 Å². The Morgan fingerprint density at radius 3 is 2.48 bits per heavy atom. The summed E-state index contributed by atoms with van der Waals surface area (Å²) in [7, 11) is 0. The Hall–Kier alpha value is -2.86. The van der Waals surface area contributed by atoms with E-state index in [4.69, 9.17) is 5.11 Å². The number of ketones is 1. The van der Waals surface area contributed by atoms with Gasteiger partial charge in [0.25, 0.3) is 0 Å². The maximum Gasteiger partial charge on any atom is 0.328 e. The van der Waals surface area contributed by atoms with Gasteiger partial charge in [-0.05, 0) is 25.1 Å². The zero-order valence-electron chi connectivity index (χ0n) is 13.6. The lowest BCUT2D eigenvalue weighted by Crippen LogP contribution is -2.08. The first-order chi connectivity index (χ1) is 11.9. The van der Waals surface area contributed by atoms with E-state index in [1.165, 1.54) is 11.8 Å². The fourth-order valence-electron chi connectivity index (χ4n) is 1.97. The molecule has 2 aromatic carbocycles. The van der Waals surface area contributed by atoms with Crippen LogP contribution in [0.2, 0.25) is 0 Å². The number of nitrogens with one attached hydrogen (secondary N) is 1. The molecule has 0 saturated heterocycles. The van der Waals surface area contributed by atoms with E-state index in [1.807, 2.05) is 37.3 Å². The lowest BCUT2D eigenvalue weighted by atomic mass is 10.1. The van der Waals surface area contributed by atoms with Gasteiger partial charge in [-0.15, -0.1) is 11.8 Å². The molecule has 0 fully saturated rings. The molecule has 0 bridgehead atoms. The summed E-state index contributed by atoms with van der Waals surface area (Å²) in [5.41, 5.74) is 2.30. The van der Waals surface area contributed by atoms with Crippen LogP contribution in [0.4, 0.5) is 5.69 Å². The van der Waals surface area contributed by atoms with Gasteiger partial charge in [0.05, 0.1) is 5.75 Å². The largest absolute Gasteiger partial charge is 0.478 e. The zero-order valence-corrected chi connectivity index (χ0v) is 14.4. The van der Waals surface area contributed by atoms with E-state index in [0.717, 1.165) is 22.6 Å². The minimum absolute atomic E-state index is 0.0313. The molecule has 0 spiro atoms. The second-order valence-corrected chi connectivity index (χ2v) is 6.32. The Labute approximate surface area is 149 Å². The van der Waals surface area contributed by atoms with Crippen LogP contribution in [0, 0.1) is 6.92 Å². The molecule has 1 amide bonds. The lowest BCUT2D eigenvalue weighted by Gasteiger charge is -2.06. The molecule has 128 valence electrons. The van der Waals surface area contributed by atoms with E-state index in [1.54, 1.807) is 18.2 Å². The predicted octanol–water partition coefficient (Wildman–Crippen LogP) is 3.55. The molecular weight excluding hydrogens is 338 g/mol. The van der Waals surface area contributed by atoms with Crippen molar-refractivity contribution in [2.24, 2.45) is 0 Å². The van der Waals surface area contributed by atoms with Crippen molar-refractivity contribution in [3.63, 3.8) is 0 Å². The van der Waals surface area contributed by atoms with Crippen LogP contribution < -0.4 is 5.32 Å². The highest BCUT2D eigenvalue weighted by Crippen LogP contribution is 2.22. The van der Waals surface area contributed by atoms with Crippen LogP contribution in [-0.2, 0) is 9.59 Å². The summed E-state index contributed by atoms with van der Waals surface area (Å²) in [6.07, 6.45) is 1.72. The Morgan fingerprint density at radius 1 is 1.08 bits per heavy atom. The number of anilines is 1. The summed E-state index contributed by atoms with van der Waals surface area (Å²) < 4.78 is 0. The van der Waals surface area contributed by atoms with Crippen LogP contribution in [-0.4, -0.2) is 28.5 Å². The van der Waals surface area contributed by atoms with E-state index in [2.05, 4.69) is 5.32 Å². The zero-order chi connectivity index (χ0) is 18.2. The quantitative estimate of drug-likeness (QED) is 0.451. The summed E-state index contributed by atoms with van der Waals surface area (Å²) >= 11 is 1.37. The second-order valence-electron chi connectivity index (χ2n) is 5.27. The average Bonchev–Trinajstić information content (AvgIpc) is 2.59. The minimum atomic E-state index is -1.19. The number of Topliss-reactive ketones (excluding diaryl/α,β-unsaturated/α-hetero) is 1. The van der Waals surface area contributed by atoms with Gasteiger partial charge in [0, 0.05) is 28.3 Å². The van der Waals surface area contributed by atoms with Gasteiger partial charge in [0.1, 0.15) is 0 Å². The SMILES string of the molecule is Cc1ccc(C(=O)CSc2cccc(NC(=O)/C=C/C(=O)O)c2)cc1. The molecule has 2 aromatic rings. The van der Waals surface area contributed by atoms with Crippen LogP contribution in [0.25, 0.3) is 0 Å². The third kappa shape index (κ3) is 6.27. The molecule has 2 N–H and O–H groups in total. The van der Waals surface area contributed by atoms with E-state index < -0.39 is 11.9 Å². The highest BCUT2D eigenvalue weighted by Gasteiger charge is 2.07. The molecule has 0 aromatic heterocycles. The minimum Gasteiger partial charge on any atom is -0.478 e. The summed E-state index contributed by atoms with van der Waals surface area (Å²) in [6, 6.07) is 14.5. The van der Waals surface area contributed by atoms with Gasteiger partial charge in [-0.25, -0.2) is 4.79 Å². The smallest absolute Gasteiger partial charge is 0.328 e. The molecular formula is C19H17NO4S. The molecule has 0 radical (unpaired) electrons. The van der Waals surface area contributed by atoms with E-state index in [9.17, 15) is 14.4 Å². The Balaban J connectivity index is 1.94. The van der Waals surface area contributed by atoms with Crippen LogP contribution >= 0.6 is 11.8 Å². The topological polar surface area (TPSA) is 83.5 Å². The van der Waals surface area contributed by atoms with Crippen LogP contribution in [0.1, 0.15) is 15.9 Å². The fraction of sp³-hybridized carbons (Fsp3) is 0.105. The number of hydrogen-bond acceptors (Lipinski definition) is 4. The number of aryl methyl sites for hydroxylation is 1. The second kappa shape index (κ2) is 8.84. The van der Waals surface area contributed by atoms with Crippen molar-refractivity contribution in [3.05, 3.63) is 71.8 Å². The highest BCUT2D eigenvalue weighted by molar-refractivity contribution is 8.00. The Kier molecular flexibility index (Phi) is 6.54. The molecule has 6 heteroatoms. The first kappa shape index (κ1) is 18.5. The molecule has 0 aliphatic heterocycles. The van der Waals surface area contributed by atoms with E-state index in [-0.39, 0.29) is 5.78 Å². The molecule has 0 aliphatic carbocycles. The van der Waals surface area contributed by atoms with Gasteiger partial charge in [-0.2, -0.15) is 0 Å². The third-order valence-electron chi connectivity index (χ3n) is 3.22. The maximum absolute atomic E-state index is 12.2. The maximum atomic E-state index is 12.2. The van der Waals surface area contributed by atoms with Crippen molar-refractivity contribution in [1.82, 2.24) is 0 Å². The number of carboxylic acids is 1. The number of carboxylic acid groups (broad SMARTS) is 1. The van der Waals surface area contributed by atoms with Crippen molar-refractivity contribution in [2.45, 2.75) is 11.8 Å². The van der Waals surface area contributed by atoms with Gasteiger partial charge in [-0.3, -0.25) is 9.59 Å². The van der Waals surface area contributed by atoms with Gasteiger partial charge in [0.15, 0.2) is 5.78 Å². The van der Waals surface area contributed by atoms with Crippen molar-refractivity contribution in [2.75, 3.05) is 11.1 Å². The summed E-state index contributed by atoms with van der Waals surface area (Å²) in [6.45, 7) is 1.97. The standard InChI is InChI=1S/C19H17NO4S/c1-13-5-7-14(8-6-13)17(21)12-25-16-4-2-3-15(11-16)20-18(22)9-10-19(23)24/h2-11H,12H2,1H3,(H,20,22)(H,23,24)/b10-9+. The van der Waals surface area contributed by atoms with Crippen molar-refractivity contribution >= 4 is 35.1 Å². The molecule has 0 atom stereocenters. The van der Waals surface area contributed by atoms with Crippen molar-refractivity contribution < 1.29 is 19.5 Å². The number of carbonyl (C=O) groups is 3. The van der Waals surface area contributed by atoms with Crippen LogP contribution in [0.3, 0.4) is 0 Å². The van der Waals surface area contributed by atoms with Gasteiger partial charge < -0.3 is 10.4 Å². The number of aliphatic carboxylic acids is 1. The van der Waals surface area contributed by atoms with Gasteiger partial charge in [0.2, 0.25) is 5.91 Å². The number of hydrogen-bond donors (Lipinski definition) is 2. The molecule has 0 saturated carbocycles. The highest BCUT2D eigenvalue weighted by atomic mass is 32.2. The summed E-state index contributed by atoms with van der Waals surface area (Å²) in [5.74, 6) is -1.39. The molecule has 2 rings (SSSR count). The predicted molar refractivity (Wildman–Crippen MR) is 98.1 cm³/mol. The monoisotopic (exact) mass is 355 g/mol. The molecule has 25 heavy (non-hydrogen) atoms. The summed E-state index contributed by atoms with van der Waals surface area (Å²) in [5, 5.41) is 11.1. The molecule has 5 nitrogen and oxygen atoms in total. The van der Waals surface area contributed by atoms with Crippen molar-refractivity contribution in [3.8, 4) is 0 Å². The normalized spacial score (nSPS) is 10.6. The number of thioether (sulfide) groups is 1. The number of rotatable bonds is 7. The summed E-state index contributed by atoms with van der Waals surface area (Å²) in [4.78, 5) is 35.0. The third-order valence-corrected chi connectivity index (χ3v) is 4.22. The number of amides is 1. The lowest BCUT2D eigenvalue weighted by molar-refractivity contribution is -0.131. The van der Waals surface area contributed by atoms with Gasteiger partial charge in [-0.1, -0.05) is 35.9 Å². The van der Waals surface area contributed by atoms with Crippen LogP contribution in [0.5, 0.6) is 0 Å². The fourth-order valence-corrected chi connectivity index (χ4v) is 2.82. The first-order valence-electron chi connectivity index (χ1n) is 7.49. The molecule has 0 unspecified atom stereocenters. The molecule has 0 aliphatic rings. The number of carbonyl (C=O) groups excluding carboxylic acids is 2. The number of benzene rings is 2. The van der Waals surface area contributed by atoms with Crippen molar-refractivity contribution in [1.29, 1.82) is 0 Å².